The molecule has 13 nitrogen and oxygen atoms in total. The van der Waals surface area contributed by atoms with E-state index >= 15 is 0 Å². The molecule has 0 amide bonds. The zero-order valence-corrected chi connectivity index (χ0v) is 38.3. The van der Waals surface area contributed by atoms with Gasteiger partial charge in [0.2, 0.25) is 6.29 Å². The van der Waals surface area contributed by atoms with Crippen molar-refractivity contribution >= 4 is 14.3 Å². The molecule has 14 heteroatoms. The molecule has 4 saturated heterocycles. The van der Waals surface area contributed by atoms with E-state index in [4.69, 9.17) is 51.8 Å². The maximum absolute atomic E-state index is 13.7. The Bertz CT molecular complexity index is 1640. The minimum absolute atomic E-state index is 0.0212. The molecular weight excluding hydrogens is 789 g/mol. The maximum atomic E-state index is 13.7. The molecule has 6 rings (SSSR count). The van der Waals surface area contributed by atoms with Crippen LogP contribution in [0, 0.1) is 0 Å². The van der Waals surface area contributed by atoms with Gasteiger partial charge in [-0.25, -0.2) is 0 Å². The Labute approximate surface area is 358 Å². The van der Waals surface area contributed by atoms with Crippen molar-refractivity contribution in [2.45, 2.75) is 198 Å². The van der Waals surface area contributed by atoms with E-state index in [1.54, 1.807) is 13.8 Å². The summed E-state index contributed by atoms with van der Waals surface area (Å²) in [6, 6.07) is 19.4. The van der Waals surface area contributed by atoms with Gasteiger partial charge >= 0.3 is 5.97 Å². The first-order valence-electron chi connectivity index (χ1n) is 21.9. The number of rotatable bonds is 18. The number of hydrogen-bond acceptors (Lipinski definition) is 13. The van der Waals surface area contributed by atoms with Gasteiger partial charge in [-0.1, -0.05) is 114 Å². The van der Waals surface area contributed by atoms with Crippen LogP contribution >= 0.6 is 0 Å². The first-order chi connectivity index (χ1) is 28.4. The summed E-state index contributed by atoms with van der Waals surface area (Å²) in [5, 5.41) is 12.1. The third kappa shape index (κ3) is 12.0. The predicted octanol–water partition coefficient (Wildman–Crippen LogP) is 8.08. The fourth-order valence-corrected chi connectivity index (χ4v) is 8.90. The fourth-order valence-electron chi connectivity index (χ4n) is 7.89. The quantitative estimate of drug-likeness (QED) is 0.0670. The van der Waals surface area contributed by atoms with Crippen LogP contribution in [0.3, 0.4) is 0 Å². The highest BCUT2D eigenvalue weighted by atomic mass is 28.4. The highest BCUT2D eigenvalue weighted by Crippen LogP contribution is 2.43. The van der Waals surface area contributed by atoms with Crippen LogP contribution in [0.5, 0.6) is 0 Å². The van der Waals surface area contributed by atoms with E-state index in [0.29, 0.717) is 6.42 Å². The van der Waals surface area contributed by atoms with E-state index < -0.39 is 93.6 Å². The van der Waals surface area contributed by atoms with Gasteiger partial charge in [0.25, 0.3) is 0 Å². The average molecular weight is 859 g/mol. The SMILES string of the molecule is CCCCCCCC(=O)O[C@@H]1[C@H](OC(O)[C@@H]2OC(C)(C)O[C@H]2[C@H]2OC(C)(C)O[C@@H]2CO[Si](C)(C)C(C)(C)C)O[C@@H]2COC(c3ccccc3)O[C@H]2[C@@H]1OCc1ccccc1. The summed E-state index contributed by atoms with van der Waals surface area (Å²) in [7, 11) is -2.17. The van der Waals surface area contributed by atoms with Gasteiger partial charge in [0, 0.05) is 12.0 Å². The Hall–Kier alpha value is -2.31. The molecule has 0 saturated carbocycles. The third-order valence-electron chi connectivity index (χ3n) is 12.1. The number of ether oxygens (including phenoxy) is 10. The summed E-state index contributed by atoms with van der Waals surface area (Å²) in [5.74, 6) is -2.51. The summed E-state index contributed by atoms with van der Waals surface area (Å²) < 4.78 is 71.2. The molecule has 2 unspecified atom stereocenters. The Balaban J connectivity index is 1.27. The Morgan fingerprint density at radius 3 is 2.17 bits per heavy atom. The molecule has 11 atom stereocenters. The largest absolute Gasteiger partial charge is 0.454 e. The molecule has 4 fully saturated rings. The number of hydrogen-bond donors (Lipinski definition) is 1. The number of aliphatic hydroxyl groups is 1. The van der Waals surface area contributed by atoms with Crippen molar-refractivity contribution in [2.24, 2.45) is 0 Å². The number of unbranched alkanes of at least 4 members (excludes halogenated alkanes) is 4. The minimum Gasteiger partial charge on any atom is -0.454 e. The van der Waals surface area contributed by atoms with Crippen molar-refractivity contribution in [3.63, 3.8) is 0 Å². The maximum Gasteiger partial charge on any atom is 0.306 e. The highest BCUT2D eigenvalue weighted by Gasteiger charge is 2.59. The van der Waals surface area contributed by atoms with E-state index in [0.717, 1.165) is 36.8 Å². The zero-order chi connectivity index (χ0) is 43.3. The molecule has 1 N–H and O–H groups in total. The lowest BCUT2D eigenvalue weighted by atomic mass is 9.96. The highest BCUT2D eigenvalue weighted by molar-refractivity contribution is 6.74. The van der Waals surface area contributed by atoms with Crippen molar-refractivity contribution < 1.29 is 61.7 Å². The van der Waals surface area contributed by atoms with E-state index in [2.05, 4.69) is 40.8 Å². The second-order valence-electron chi connectivity index (χ2n) is 18.9. The monoisotopic (exact) mass is 858 g/mol. The minimum atomic E-state index is -2.17. The van der Waals surface area contributed by atoms with Gasteiger partial charge in [-0.3, -0.25) is 4.79 Å². The number of carbonyl (C=O) groups is 1. The van der Waals surface area contributed by atoms with Crippen molar-refractivity contribution in [1.82, 2.24) is 0 Å². The molecule has 0 aromatic heterocycles. The Morgan fingerprint density at radius 1 is 0.833 bits per heavy atom. The Morgan fingerprint density at radius 2 is 1.48 bits per heavy atom. The summed E-state index contributed by atoms with van der Waals surface area (Å²) in [5.41, 5.74) is 1.75. The van der Waals surface area contributed by atoms with E-state index in [1.165, 1.54) is 0 Å². The lowest BCUT2D eigenvalue weighted by Crippen LogP contribution is -2.65. The number of aliphatic hydroxyl groups excluding tert-OH is 1. The zero-order valence-electron chi connectivity index (χ0n) is 37.3. The number of benzene rings is 2. The molecule has 2 aromatic carbocycles. The van der Waals surface area contributed by atoms with Crippen molar-refractivity contribution in [3.05, 3.63) is 71.8 Å². The number of fused-ring (bicyclic) bond motifs is 1. The van der Waals surface area contributed by atoms with Gasteiger partial charge in [0.1, 0.15) is 42.7 Å². The molecule has 2 aromatic rings. The second kappa shape index (κ2) is 20.0. The molecule has 0 bridgehead atoms. The first kappa shape index (κ1) is 47.2. The van der Waals surface area contributed by atoms with Gasteiger partial charge in [-0.15, -0.1) is 0 Å². The van der Waals surface area contributed by atoms with Gasteiger partial charge in [0.15, 0.2) is 38.6 Å². The molecule has 0 radical (unpaired) electrons. The van der Waals surface area contributed by atoms with Crippen LogP contribution in [-0.2, 0) is 63.2 Å². The molecule has 4 aliphatic heterocycles. The van der Waals surface area contributed by atoms with E-state index in [1.807, 2.05) is 74.5 Å². The molecule has 336 valence electrons. The van der Waals surface area contributed by atoms with Crippen molar-refractivity contribution in [1.29, 1.82) is 0 Å². The average Bonchev–Trinajstić information content (AvgIpc) is 3.70. The van der Waals surface area contributed by atoms with Gasteiger partial charge < -0.3 is 56.9 Å². The number of esters is 1. The van der Waals surface area contributed by atoms with Crippen LogP contribution in [0.4, 0.5) is 0 Å². The second-order valence-corrected chi connectivity index (χ2v) is 23.7. The summed E-state index contributed by atoms with van der Waals surface area (Å²) >= 11 is 0. The Kier molecular flexibility index (Phi) is 15.7. The topological polar surface area (TPSA) is 139 Å². The standard InChI is InChI=1S/C46H70O13Si/c1-11-12-13-14-21-26-34(47)53-40-37(49-27-30-22-17-15-18-23-30)35-32(28-50-42(54-35)31-24-19-16-20-25-31)52-43(40)55-41(48)39-38(58-46(7,8)59-39)36-33(56-45(5,6)57-36)29-51-60(9,10)44(2,3)4/h15-20,22-25,32-33,35-43,48H,11-14,21,26-29H2,1-10H3/t32-,33-,35-,36+,37+,38+,39-,40+,41?,42?,43+/m1/s1. The molecule has 0 spiro atoms. The van der Waals surface area contributed by atoms with E-state index in [-0.39, 0.29) is 31.3 Å². The van der Waals surface area contributed by atoms with Crippen molar-refractivity contribution in [3.8, 4) is 0 Å². The van der Waals surface area contributed by atoms with Crippen LogP contribution < -0.4 is 0 Å². The lowest BCUT2D eigenvalue weighted by molar-refractivity contribution is -0.386. The van der Waals surface area contributed by atoms with Crippen LogP contribution in [0.2, 0.25) is 18.1 Å². The van der Waals surface area contributed by atoms with Crippen LogP contribution in [0.25, 0.3) is 0 Å². The predicted molar refractivity (Wildman–Crippen MR) is 225 cm³/mol. The molecule has 4 heterocycles. The normalized spacial score (nSPS) is 32.0. The molecular formula is C46H70O13Si. The lowest BCUT2D eigenvalue weighted by Gasteiger charge is -2.49. The summed E-state index contributed by atoms with van der Waals surface area (Å²) in [4.78, 5) is 13.7. The first-order valence-corrected chi connectivity index (χ1v) is 24.8. The van der Waals surface area contributed by atoms with Crippen molar-refractivity contribution in [2.75, 3.05) is 13.2 Å². The molecule has 60 heavy (non-hydrogen) atoms. The smallest absolute Gasteiger partial charge is 0.306 e. The van der Waals surface area contributed by atoms with Gasteiger partial charge in [-0.2, -0.15) is 0 Å². The third-order valence-corrected chi connectivity index (χ3v) is 16.6. The van der Waals surface area contributed by atoms with Crippen LogP contribution in [0.1, 0.15) is 111 Å². The summed E-state index contributed by atoms with van der Waals surface area (Å²) in [6.07, 6.45) is -5.24. The van der Waals surface area contributed by atoms with Crippen LogP contribution in [-0.4, -0.2) is 106 Å². The van der Waals surface area contributed by atoms with Gasteiger partial charge in [-0.05, 0) is 57.8 Å². The number of carbonyl (C=O) groups excluding carboxylic acids is 1. The van der Waals surface area contributed by atoms with Crippen LogP contribution in [0.15, 0.2) is 60.7 Å². The van der Waals surface area contributed by atoms with E-state index in [9.17, 15) is 9.90 Å². The summed E-state index contributed by atoms with van der Waals surface area (Å²) in [6.45, 7) is 20.9. The van der Waals surface area contributed by atoms with Gasteiger partial charge in [0.05, 0.1) is 19.8 Å². The molecule has 4 aliphatic rings. The molecule has 0 aliphatic carbocycles. The fraction of sp³-hybridized carbons (Fsp3) is 0.717.